The predicted molar refractivity (Wildman–Crippen MR) is 115 cm³/mol. The summed E-state index contributed by atoms with van der Waals surface area (Å²) in [6.07, 6.45) is 1.11. The lowest BCUT2D eigenvalue weighted by Crippen LogP contribution is -2.36. The number of carbonyl (C=O) groups is 1. The fraction of sp³-hybridized carbons (Fsp3) is 0.292. The molecule has 1 amide bonds. The first-order valence-electron chi connectivity index (χ1n) is 9.60. The topological polar surface area (TPSA) is 61.4 Å². The van der Waals surface area contributed by atoms with E-state index in [1.807, 2.05) is 42.5 Å². The molecule has 2 atom stereocenters. The van der Waals surface area contributed by atoms with E-state index in [9.17, 15) is 9.90 Å². The number of unbranched alkanes of at least 4 members (excludes halogenated alkanes) is 1. The van der Waals surface area contributed by atoms with Gasteiger partial charge in [-0.1, -0.05) is 56.9 Å². The van der Waals surface area contributed by atoms with Crippen molar-refractivity contribution in [2.45, 2.75) is 32.8 Å². The second-order valence-electron chi connectivity index (χ2n) is 6.72. The molecular formula is C24H28N2O2. The van der Waals surface area contributed by atoms with Gasteiger partial charge in [0.2, 0.25) is 5.91 Å². The zero-order valence-electron chi connectivity index (χ0n) is 16.5. The molecule has 0 aliphatic heterocycles. The molecular weight excluding hydrogens is 348 g/mol. The molecule has 4 heteroatoms. The van der Waals surface area contributed by atoms with E-state index in [4.69, 9.17) is 0 Å². The monoisotopic (exact) mass is 376 g/mol. The second-order valence-corrected chi connectivity index (χ2v) is 6.72. The van der Waals surface area contributed by atoms with Crippen molar-refractivity contribution in [1.82, 2.24) is 5.32 Å². The van der Waals surface area contributed by atoms with Crippen molar-refractivity contribution in [3.8, 4) is 11.8 Å². The number of rotatable bonds is 8. The van der Waals surface area contributed by atoms with Gasteiger partial charge in [0.05, 0.1) is 5.92 Å². The molecule has 3 N–H and O–H groups in total. The molecule has 2 unspecified atom stereocenters. The largest absolute Gasteiger partial charge is 0.387 e. The molecule has 0 bridgehead atoms. The van der Waals surface area contributed by atoms with Crippen LogP contribution in [0.5, 0.6) is 0 Å². The first kappa shape index (κ1) is 21.3. The van der Waals surface area contributed by atoms with Gasteiger partial charge in [-0.15, -0.1) is 0 Å². The van der Waals surface area contributed by atoms with Gasteiger partial charge in [-0.05, 0) is 42.8 Å². The summed E-state index contributed by atoms with van der Waals surface area (Å²) in [7, 11) is 0. The summed E-state index contributed by atoms with van der Waals surface area (Å²) in [4.78, 5) is 12.4. The van der Waals surface area contributed by atoms with E-state index in [1.54, 1.807) is 19.1 Å². The van der Waals surface area contributed by atoms with E-state index >= 15 is 0 Å². The third-order valence-electron chi connectivity index (χ3n) is 4.40. The predicted octanol–water partition coefficient (Wildman–Crippen LogP) is 3.93. The van der Waals surface area contributed by atoms with Gasteiger partial charge in [0.25, 0.3) is 0 Å². The van der Waals surface area contributed by atoms with Crippen LogP contribution in [0.3, 0.4) is 0 Å². The summed E-state index contributed by atoms with van der Waals surface area (Å²) in [5.41, 5.74) is 2.96. The molecule has 0 radical (unpaired) electrons. The molecule has 0 fully saturated rings. The van der Waals surface area contributed by atoms with Crippen LogP contribution in [0.2, 0.25) is 0 Å². The van der Waals surface area contributed by atoms with Gasteiger partial charge in [0.15, 0.2) is 0 Å². The van der Waals surface area contributed by atoms with Crippen LogP contribution in [0.1, 0.15) is 37.8 Å². The van der Waals surface area contributed by atoms with Gasteiger partial charge in [-0.2, -0.15) is 0 Å². The summed E-state index contributed by atoms with van der Waals surface area (Å²) < 4.78 is 0. The number of benzene rings is 2. The molecule has 2 aromatic carbocycles. The van der Waals surface area contributed by atoms with Gasteiger partial charge in [0, 0.05) is 29.1 Å². The van der Waals surface area contributed by atoms with Crippen LogP contribution in [0.4, 0.5) is 5.69 Å². The number of aliphatic hydroxyl groups excluding tert-OH is 1. The van der Waals surface area contributed by atoms with Gasteiger partial charge < -0.3 is 15.7 Å². The fourth-order valence-electron chi connectivity index (χ4n) is 2.53. The molecule has 0 saturated carbocycles. The average Bonchev–Trinajstić information content (AvgIpc) is 2.73. The van der Waals surface area contributed by atoms with Crippen LogP contribution in [0.25, 0.3) is 0 Å². The maximum absolute atomic E-state index is 12.4. The Morgan fingerprint density at radius 2 is 1.68 bits per heavy atom. The number of aliphatic hydroxyl groups is 1. The summed E-state index contributed by atoms with van der Waals surface area (Å²) in [6.45, 7) is 8.36. The summed E-state index contributed by atoms with van der Waals surface area (Å²) in [5, 5.41) is 16.2. The van der Waals surface area contributed by atoms with Crippen LogP contribution in [-0.4, -0.2) is 23.7 Å². The number of nitrogens with one attached hydrogen (secondary N) is 2. The maximum atomic E-state index is 12.4. The van der Waals surface area contributed by atoms with Crippen molar-refractivity contribution < 1.29 is 9.90 Å². The Hall–Kier alpha value is -3.03. The van der Waals surface area contributed by atoms with E-state index in [0.29, 0.717) is 11.4 Å². The molecule has 0 aromatic heterocycles. The molecule has 0 saturated heterocycles. The standard InChI is InChI=1S/C24H28N2O2/c1-4-5-17-25-19(3)23(27)18(2)24(28)26-22-15-13-21(14-16-22)12-11-20-9-7-6-8-10-20/h6-10,13-16,18,23,25,27H,3-5,17H2,1-2H3,(H,26,28). The lowest BCUT2D eigenvalue weighted by Gasteiger charge is -2.21. The van der Waals surface area contributed by atoms with E-state index in [0.717, 1.165) is 30.5 Å². The molecule has 0 heterocycles. The highest BCUT2D eigenvalue weighted by atomic mass is 16.3. The van der Waals surface area contributed by atoms with Crippen molar-refractivity contribution in [1.29, 1.82) is 0 Å². The van der Waals surface area contributed by atoms with E-state index in [2.05, 4.69) is 36.0 Å². The number of amides is 1. The molecule has 2 aromatic rings. The average molecular weight is 377 g/mol. The zero-order valence-corrected chi connectivity index (χ0v) is 16.5. The first-order valence-corrected chi connectivity index (χ1v) is 9.60. The highest BCUT2D eigenvalue weighted by Gasteiger charge is 2.24. The minimum Gasteiger partial charge on any atom is -0.387 e. The normalized spacial score (nSPS) is 12.2. The third kappa shape index (κ3) is 6.61. The Labute approximate surface area is 167 Å². The second kappa shape index (κ2) is 11.0. The smallest absolute Gasteiger partial charge is 0.230 e. The van der Waals surface area contributed by atoms with Crippen LogP contribution in [0, 0.1) is 17.8 Å². The van der Waals surface area contributed by atoms with Crippen LogP contribution >= 0.6 is 0 Å². The van der Waals surface area contributed by atoms with Gasteiger partial charge in [-0.3, -0.25) is 4.79 Å². The molecule has 2 rings (SSSR count). The maximum Gasteiger partial charge on any atom is 0.230 e. The highest BCUT2D eigenvalue weighted by molar-refractivity contribution is 5.93. The van der Waals surface area contributed by atoms with Crippen molar-refractivity contribution in [3.63, 3.8) is 0 Å². The number of hydrogen-bond donors (Lipinski definition) is 3. The Morgan fingerprint density at radius 1 is 1.07 bits per heavy atom. The molecule has 0 aliphatic rings. The number of anilines is 1. The minimum absolute atomic E-state index is 0.255. The molecule has 0 aliphatic carbocycles. The van der Waals surface area contributed by atoms with Crippen LogP contribution in [0.15, 0.2) is 66.9 Å². The third-order valence-corrected chi connectivity index (χ3v) is 4.40. The number of hydrogen-bond acceptors (Lipinski definition) is 3. The highest BCUT2D eigenvalue weighted by Crippen LogP contribution is 2.15. The van der Waals surface area contributed by atoms with E-state index < -0.39 is 12.0 Å². The van der Waals surface area contributed by atoms with Crippen molar-refractivity contribution >= 4 is 11.6 Å². The van der Waals surface area contributed by atoms with Crippen LogP contribution in [-0.2, 0) is 4.79 Å². The molecule has 146 valence electrons. The lowest BCUT2D eigenvalue weighted by molar-refractivity contribution is -0.121. The number of carbonyl (C=O) groups excluding carboxylic acids is 1. The Morgan fingerprint density at radius 3 is 2.29 bits per heavy atom. The van der Waals surface area contributed by atoms with E-state index in [1.165, 1.54) is 0 Å². The molecule has 0 spiro atoms. The summed E-state index contributed by atoms with van der Waals surface area (Å²) in [5.74, 6) is 5.33. The van der Waals surface area contributed by atoms with Gasteiger partial charge in [0.1, 0.15) is 6.10 Å². The quantitative estimate of drug-likeness (QED) is 0.483. The minimum atomic E-state index is -0.937. The molecule has 28 heavy (non-hydrogen) atoms. The SMILES string of the molecule is C=C(NCCCC)C(O)C(C)C(=O)Nc1ccc(C#Cc2ccccc2)cc1. The summed E-state index contributed by atoms with van der Waals surface area (Å²) in [6, 6.07) is 17.1. The van der Waals surface area contributed by atoms with Crippen molar-refractivity contribution in [3.05, 3.63) is 78.0 Å². The van der Waals surface area contributed by atoms with Crippen molar-refractivity contribution in [2.24, 2.45) is 5.92 Å². The first-order chi connectivity index (χ1) is 13.5. The fourth-order valence-corrected chi connectivity index (χ4v) is 2.53. The van der Waals surface area contributed by atoms with Crippen molar-refractivity contribution in [2.75, 3.05) is 11.9 Å². The van der Waals surface area contributed by atoms with Crippen LogP contribution < -0.4 is 10.6 Å². The summed E-state index contributed by atoms with van der Waals surface area (Å²) >= 11 is 0. The molecule has 4 nitrogen and oxygen atoms in total. The van der Waals surface area contributed by atoms with Gasteiger partial charge >= 0.3 is 0 Å². The Balaban J connectivity index is 1.91. The Kier molecular flexibility index (Phi) is 8.33. The van der Waals surface area contributed by atoms with E-state index in [-0.39, 0.29) is 5.91 Å². The van der Waals surface area contributed by atoms with Gasteiger partial charge in [-0.25, -0.2) is 0 Å². The lowest BCUT2D eigenvalue weighted by atomic mass is 10.0. The zero-order chi connectivity index (χ0) is 20.4. The Bertz CT molecular complexity index is 832.